The van der Waals surface area contributed by atoms with Crippen LogP contribution in [0.5, 0.6) is 0 Å². The van der Waals surface area contributed by atoms with Crippen molar-refractivity contribution in [1.82, 2.24) is 5.32 Å². The molecular formula is C7H8N2O2. The molecule has 4 nitrogen and oxygen atoms in total. The van der Waals surface area contributed by atoms with Crippen molar-refractivity contribution in [3.05, 3.63) is 24.2 Å². The quantitative estimate of drug-likeness (QED) is 0.545. The number of allylic oxidation sites excluding steroid dienone is 1. The second-order valence-corrected chi connectivity index (χ2v) is 1.83. The van der Waals surface area contributed by atoms with Crippen LogP contribution in [-0.2, 0) is 9.53 Å². The molecule has 0 spiro atoms. The SMILES string of the molecule is COC(=O)C1=CC=NC=CN1. The van der Waals surface area contributed by atoms with Crippen LogP contribution < -0.4 is 5.32 Å². The number of esters is 1. The second kappa shape index (κ2) is 3.55. The minimum Gasteiger partial charge on any atom is -0.464 e. The Morgan fingerprint density at radius 3 is 3.27 bits per heavy atom. The maximum absolute atomic E-state index is 10.9. The van der Waals surface area contributed by atoms with E-state index >= 15 is 0 Å². The van der Waals surface area contributed by atoms with Gasteiger partial charge in [-0.25, -0.2) is 4.79 Å². The molecular weight excluding hydrogens is 144 g/mol. The lowest BCUT2D eigenvalue weighted by Crippen LogP contribution is -2.16. The standard InChI is InChI=1S/C7H8N2O2/c1-11-7(10)6-2-3-8-4-5-9-6/h2-5,9H,1H3. The number of methoxy groups -OCH3 is 1. The summed E-state index contributed by atoms with van der Waals surface area (Å²) in [6.07, 6.45) is 6.17. The van der Waals surface area contributed by atoms with Gasteiger partial charge in [0, 0.05) is 18.6 Å². The fourth-order valence-electron chi connectivity index (χ4n) is 0.622. The van der Waals surface area contributed by atoms with E-state index in [4.69, 9.17) is 0 Å². The van der Waals surface area contributed by atoms with Gasteiger partial charge in [0.25, 0.3) is 0 Å². The third-order valence-corrected chi connectivity index (χ3v) is 1.13. The molecule has 0 aromatic rings. The number of nitrogens with zero attached hydrogens (tertiary/aromatic N) is 1. The molecule has 0 aliphatic carbocycles. The van der Waals surface area contributed by atoms with E-state index in [0.29, 0.717) is 5.70 Å². The van der Waals surface area contributed by atoms with Gasteiger partial charge in [0.2, 0.25) is 0 Å². The zero-order valence-electron chi connectivity index (χ0n) is 6.07. The average Bonchev–Trinajstić information content (AvgIpc) is 2.30. The van der Waals surface area contributed by atoms with E-state index in [1.54, 1.807) is 18.5 Å². The first kappa shape index (κ1) is 7.53. The molecule has 0 aromatic carbocycles. The number of aliphatic imine (C=N–C) groups is 1. The van der Waals surface area contributed by atoms with Crippen LogP contribution in [0.2, 0.25) is 0 Å². The highest BCUT2D eigenvalue weighted by atomic mass is 16.5. The molecule has 11 heavy (non-hydrogen) atoms. The summed E-state index contributed by atoms with van der Waals surface area (Å²) in [5.74, 6) is -0.400. The third-order valence-electron chi connectivity index (χ3n) is 1.13. The summed E-state index contributed by atoms with van der Waals surface area (Å²) < 4.78 is 4.48. The van der Waals surface area contributed by atoms with Crippen LogP contribution in [0.3, 0.4) is 0 Å². The molecule has 1 aliphatic rings. The molecule has 0 radical (unpaired) electrons. The first-order valence-electron chi connectivity index (χ1n) is 3.08. The van der Waals surface area contributed by atoms with Crippen LogP contribution >= 0.6 is 0 Å². The number of hydrogen-bond donors (Lipinski definition) is 1. The predicted octanol–water partition coefficient (Wildman–Crippen LogP) is 0.188. The molecule has 0 fully saturated rings. The van der Waals surface area contributed by atoms with Crippen molar-refractivity contribution in [2.45, 2.75) is 0 Å². The van der Waals surface area contributed by atoms with E-state index in [2.05, 4.69) is 15.0 Å². The molecule has 0 unspecified atom stereocenters. The number of rotatable bonds is 1. The molecule has 0 saturated carbocycles. The molecule has 1 N–H and O–H groups in total. The van der Waals surface area contributed by atoms with Crippen LogP contribution in [-0.4, -0.2) is 19.3 Å². The van der Waals surface area contributed by atoms with Crippen molar-refractivity contribution >= 4 is 12.2 Å². The first-order valence-corrected chi connectivity index (χ1v) is 3.08. The van der Waals surface area contributed by atoms with Gasteiger partial charge in [-0.1, -0.05) is 0 Å². The Hall–Kier alpha value is -1.58. The van der Waals surface area contributed by atoms with Crippen molar-refractivity contribution < 1.29 is 9.53 Å². The molecule has 0 saturated heterocycles. The van der Waals surface area contributed by atoms with E-state index < -0.39 is 5.97 Å². The summed E-state index contributed by atoms with van der Waals surface area (Å²) in [4.78, 5) is 14.7. The van der Waals surface area contributed by atoms with Crippen molar-refractivity contribution in [1.29, 1.82) is 0 Å². The normalized spacial score (nSPS) is 14.8. The highest BCUT2D eigenvalue weighted by molar-refractivity contribution is 5.93. The molecule has 1 heterocycles. The summed E-state index contributed by atoms with van der Waals surface area (Å²) in [6, 6.07) is 0. The Morgan fingerprint density at radius 1 is 1.73 bits per heavy atom. The molecule has 4 heteroatoms. The van der Waals surface area contributed by atoms with Crippen molar-refractivity contribution in [3.8, 4) is 0 Å². The van der Waals surface area contributed by atoms with Crippen LogP contribution in [0, 0.1) is 0 Å². The van der Waals surface area contributed by atoms with E-state index in [-0.39, 0.29) is 0 Å². The maximum atomic E-state index is 10.9. The van der Waals surface area contributed by atoms with E-state index in [1.165, 1.54) is 13.3 Å². The molecule has 1 aliphatic heterocycles. The maximum Gasteiger partial charge on any atom is 0.354 e. The second-order valence-electron chi connectivity index (χ2n) is 1.83. The molecule has 0 bridgehead atoms. The Labute approximate surface area is 64.3 Å². The number of carbonyl (C=O) groups is 1. The summed E-state index contributed by atoms with van der Waals surface area (Å²) >= 11 is 0. The summed E-state index contributed by atoms with van der Waals surface area (Å²) in [5, 5.41) is 2.71. The summed E-state index contributed by atoms with van der Waals surface area (Å²) in [5.41, 5.74) is 0.380. The van der Waals surface area contributed by atoms with Crippen molar-refractivity contribution in [2.75, 3.05) is 7.11 Å². The topological polar surface area (TPSA) is 50.7 Å². The molecule has 0 aromatic heterocycles. The Bertz CT molecular complexity index is 241. The van der Waals surface area contributed by atoms with Gasteiger partial charge >= 0.3 is 5.97 Å². The average molecular weight is 152 g/mol. The van der Waals surface area contributed by atoms with Crippen LogP contribution in [0.4, 0.5) is 0 Å². The smallest absolute Gasteiger partial charge is 0.354 e. The van der Waals surface area contributed by atoms with Gasteiger partial charge in [0.05, 0.1) is 7.11 Å². The monoisotopic (exact) mass is 152 g/mol. The van der Waals surface area contributed by atoms with Crippen LogP contribution in [0.1, 0.15) is 0 Å². The van der Waals surface area contributed by atoms with Gasteiger partial charge in [-0.15, -0.1) is 0 Å². The predicted molar refractivity (Wildman–Crippen MR) is 40.9 cm³/mol. The summed E-state index contributed by atoms with van der Waals surface area (Å²) in [7, 11) is 1.33. The largest absolute Gasteiger partial charge is 0.464 e. The zero-order chi connectivity index (χ0) is 8.10. The van der Waals surface area contributed by atoms with Gasteiger partial charge in [-0.05, 0) is 6.08 Å². The lowest BCUT2D eigenvalue weighted by atomic mass is 10.4. The number of hydrogen-bond acceptors (Lipinski definition) is 4. The highest BCUT2D eigenvalue weighted by Gasteiger charge is 2.06. The third kappa shape index (κ3) is 1.93. The van der Waals surface area contributed by atoms with Gasteiger partial charge in [0.15, 0.2) is 0 Å². The lowest BCUT2D eigenvalue weighted by molar-refractivity contribution is -0.136. The highest BCUT2D eigenvalue weighted by Crippen LogP contribution is 1.94. The van der Waals surface area contributed by atoms with Gasteiger partial charge in [0.1, 0.15) is 5.70 Å². The lowest BCUT2D eigenvalue weighted by Gasteiger charge is -2.00. The van der Waals surface area contributed by atoms with Crippen LogP contribution in [0.15, 0.2) is 29.2 Å². The Balaban J connectivity index is 2.72. The van der Waals surface area contributed by atoms with E-state index in [0.717, 1.165) is 0 Å². The van der Waals surface area contributed by atoms with Gasteiger partial charge < -0.3 is 10.1 Å². The van der Waals surface area contributed by atoms with Gasteiger partial charge in [-0.2, -0.15) is 0 Å². The van der Waals surface area contributed by atoms with Crippen molar-refractivity contribution in [3.63, 3.8) is 0 Å². The summed E-state index contributed by atoms with van der Waals surface area (Å²) in [6.45, 7) is 0. The minimum absolute atomic E-state index is 0.380. The molecule has 0 atom stereocenters. The Morgan fingerprint density at radius 2 is 2.55 bits per heavy atom. The first-order chi connectivity index (χ1) is 5.34. The molecule has 0 amide bonds. The van der Waals surface area contributed by atoms with E-state index in [9.17, 15) is 4.79 Å². The zero-order valence-corrected chi connectivity index (χ0v) is 6.07. The fourth-order valence-corrected chi connectivity index (χ4v) is 0.622. The molecule has 1 rings (SSSR count). The number of carbonyl (C=O) groups excluding carboxylic acids is 1. The number of nitrogens with one attached hydrogen (secondary N) is 1. The number of ether oxygens (including phenoxy) is 1. The minimum atomic E-state index is -0.400. The van der Waals surface area contributed by atoms with Crippen LogP contribution in [0.25, 0.3) is 0 Å². The van der Waals surface area contributed by atoms with Gasteiger partial charge in [-0.3, -0.25) is 4.99 Å². The Kier molecular flexibility index (Phi) is 2.43. The van der Waals surface area contributed by atoms with Crippen molar-refractivity contribution in [2.24, 2.45) is 4.99 Å². The fraction of sp³-hybridized carbons (Fsp3) is 0.143. The van der Waals surface area contributed by atoms with E-state index in [1.807, 2.05) is 0 Å². The molecule has 58 valence electrons.